The van der Waals surface area contributed by atoms with Crippen LogP contribution in [0.15, 0.2) is 18.3 Å². The van der Waals surface area contributed by atoms with Crippen LogP contribution in [0.2, 0.25) is 0 Å². The number of aryl methyl sites for hydroxylation is 1. The Morgan fingerprint density at radius 2 is 2.04 bits per heavy atom. The lowest BCUT2D eigenvalue weighted by Gasteiger charge is -2.36. The van der Waals surface area contributed by atoms with Gasteiger partial charge in [0.05, 0.1) is 12.2 Å². The molecule has 2 aromatic rings. The number of piperidine rings is 1. The number of nitrogens with one attached hydrogen (secondary N) is 1. The molecule has 0 aliphatic carbocycles. The van der Waals surface area contributed by atoms with Gasteiger partial charge in [-0.1, -0.05) is 6.42 Å². The summed E-state index contributed by atoms with van der Waals surface area (Å²) in [5, 5.41) is 6.42. The maximum Gasteiger partial charge on any atom is 0.433 e. The van der Waals surface area contributed by atoms with E-state index >= 15 is 0 Å². The standard InChI is InChI=1S/C18H24F3N5O/c1-22-17(27)15-8-7-13(24(15)2)14-6-4-5-9-26(14)11-12-10-23-25(3)16(12)18(19,20)21/h7-8,10,14H,4-6,9,11H2,1-3H3,(H,22,27)/t14-/m0/s1. The van der Waals surface area contributed by atoms with Gasteiger partial charge in [0.25, 0.3) is 5.91 Å². The van der Waals surface area contributed by atoms with Crippen LogP contribution in [0.4, 0.5) is 13.2 Å². The molecule has 1 atom stereocenters. The van der Waals surface area contributed by atoms with Gasteiger partial charge in [-0.2, -0.15) is 18.3 Å². The van der Waals surface area contributed by atoms with E-state index in [0.717, 1.165) is 29.6 Å². The van der Waals surface area contributed by atoms with Gasteiger partial charge in [-0.25, -0.2) is 0 Å². The number of halogens is 3. The summed E-state index contributed by atoms with van der Waals surface area (Å²) >= 11 is 0. The van der Waals surface area contributed by atoms with E-state index in [1.807, 2.05) is 17.7 Å². The Labute approximate surface area is 155 Å². The van der Waals surface area contributed by atoms with Crippen molar-refractivity contribution < 1.29 is 18.0 Å². The van der Waals surface area contributed by atoms with Crippen molar-refractivity contribution in [3.8, 4) is 0 Å². The molecular weight excluding hydrogens is 359 g/mol. The van der Waals surface area contributed by atoms with Gasteiger partial charge in [0.2, 0.25) is 0 Å². The lowest BCUT2D eigenvalue weighted by Crippen LogP contribution is -2.35. The Morgan fingerprint density at radius 3 is 2.70 bits per heavy atom. The number of hydrogen-bond acceptors (Lipinski definition) is 3. The van der Waals surface area contributed by atoms with Crippen molar-refractivity contribution in [2.24, 2.45) is 14.1 Å². The molecule has 1 N–H and O–H groups in total. The Morgan fingerprint density at radius 1 is 1.30 bits per heavy atom. The summed E-state index contributed by atoms with van der Waals surface area (Å²) in [4.78, 5) is 14.0. The summed E-state index contributed by atoms with van der Waals surface area (Å²) in [7, 11) is 4.70. The number of carbonyl (C=O) groups is 1. The molecule has 0 aromatic carbocycles. The van der Waals surface area contributed by atoms with Crippen molar-refractivity contribution >= 4 is 5.91 Å². The molecule has 0 spiro atoms. The average molecular weight is 383 g/mol. The molecule has 3 heterocycles. The zero-order chi connectivity index (χ0) is 19.8. The van der Waals surface area contributed by atoms with Crippen LogP contribution in [0.3, 0.4) is 0 Å². The normalized spacial score (nSPS) is 18.7. The Hall–Kier alpha value is -2.29. The first kappa shape index (κ1) is 19.5. The van der Waals surface area contributed by atoms with E-state index in [4.69, 9.17) is 0 Å². The van der Waals surface area contributed by atoms with Crippen molar-refractivity contribution in [1.82, 2.24) is 24.6 Å². The number of aromatic nitrogens is 3. The van der Waals surface area contributed by atoms with Crippen molar-refractivity contribution in [3.05, 3.63) is 41.0 Å². The van der Waals surface area contributed by atoms with Crippen molar-refractivity contribution in [2.45, 2.75) is 38.0 Å². The minimum Gasteiger partial charge on any atom is -0.354 e. The molecule has 2 aromatic heterocycles. The molecule has 0 unspecified atom stereocenters. The molecule has 0 saturated carbocycles. The van der Waals surface area contributed by atoms with E-state index < -0.39 is 11.9 Å². The number of likely N-dealkylation sites (tertiary alicyclic amines) is 1. The van der Waals surface area contributed by atoms with Gasteiger partial charge < -0.3 is 9.88 Å². The van der Waals surface area contributed by atoms with Crippen molar-refractivity contribution in [2.75, 3.05) is 13.6 Å². The predicted molar refractivity (Wildman–Crippen MR) is 94.0 cm³/mol. The highest BCUT2D eigenvalue weighted by atomic mass is 19.4. The second-order valence-electron chi connectivity index (χ2n) is 6.90. The first-order chi connectivity index (χ1) is 12.7. The first-order valence-electron chi connectivity index (χ1n) is 8.94. The van der Waals surface area contributed by atoms with Gasteiger partial charge in [0.15, 0.2) is 0 Å². The van der Waals surface area contributed by atoms with Gasteiger partial charge in [-0.05, 0) is 31.5 Å². The van der Waals surface area contributed by atoms with Gasteiger partial charge in [-0.3, -0.25) is 14.4 Å². The van der Waals surface area contributed by atoms with E-state index in [0.29, 0.717) is 12.2 Å². The van der Waals surface area contributed by atoms with Gasteiger partial charge in [0, 0.05) is 38.9 Å². The summed E-state index contributed by atoms with van der Waals surface area (Å²) < 4.78 is 42.9. The lowest BCUT2D eigenvalue weighted by molar-refractivity contribution is -0.144. The minimum absolute atomic E-state index is 0.0385. The highest BCUT2D eigenvalue weighted by Crippen LogP contribution is 2.36. The Bertz CT molecular complexity index is 824. The van der Waals surface area contributed by atoms with Gasteiger partial charge in [-0.15, -0.1) is 0 Å². The fourth-order valence-corrected chi connectivity index (χ4v) is 3.92. The molecule has 0 bridgehead atoms. The molecule has 148 valence electrons. The summed E-state index contributed by atoms with van der Waals surface area (Å²) in [6, 6.07) is 3.61. The second kappa shape index (κ2) is 7.38. The van der Waals surface area contributed by atoms with Gasteiger partial charge >= 0.3 is 6.18 Å². The van der Waals surface area contributed by atoms with Crippen LogP contribution in [-0.2, 0) is 26.8 Å². The van der Waals surface area contributed by atoms with Crippen molar-refractivity contribution in [1.29, 1.82) is 0 Å². The second-order valence-corrected chi connectivity index (χ2v) is 6.90. The van der Waals surface area contributed by atoms with Gasteiger partial charge in [0.1, 0.15) is 11.4 Å². The quantitative estimate of drug-likeness (QED) is 0.883. The Balaban J connectivity index is 1.90. The summed E-state index contributed by atoms with van der Waals surface area (Å²) in [5.74, 6) is -0.183. The number of alkyl halides is 3. The van der Waals surface area contributed by atoms with Crippen LogP contribution in [-0.4, -0.2) is 38.7 Å². The number of nitrogens with zero attached hydrogens (tertiary/aromatic N) is 4. The number of hydrogen-bond donors (Lipinski definition) is 1. The first-order valence-corrected chi connectivity index (χ1v) is 8.94. The lowest BCUT2D eigenvalue weighted by atomic mass is 9.98. The van der Waals surface area contributed by atoms with E-state index in [-0.39, 0.29) is 24.1 Å². The molecule has 6 nitrogen and oxygen atoms in total. The number of rotatable bonds is 4. The topological polar surface area (TPSA) is 55.1 Å². The predicted octanol–water partition coefficient (Wildman–Crippen LogP) is 2.86. The van der Waals surface area contributed by atoms with Crippen LogP contribution in [0, 0.1) is 0 Å². The SMILES string of the molecule is CNC(=O)c1ccc([C@@H]2CCCCN2Cc2cnn(C)c2C(F)(F)F)n1C. The van der Waals surface area contributed by atoms with E-state index in [1.54, 1.807) is 13.1 Å². The summed E-state index contributed by atoms with van der Waals surface area (Å²) in [5.41, 5.74) is 0.948. The van der Waals surface area contributed by atoms with Crippen LogP contribution >= 0.6 is 0 Å². The Kier molecular flexibility index (Phi) is 5.32. The monoisotopic (exact) mass is 383 g/mol. The average Bonchev–Trinajstić information content (AvgIpc) is 3.17. The van der Waals surface area contributed by atoms with Crippen LogP contribution < -0.4 is 5.32 Å². The third-order valence-corrected chi connectivity index (χ3v) is 5.23. The van der Waals surface area contributed by atoms with Crippen LogP contribution in [0.5, 0.6) is 0 Å². The smallest absolute Gasteiger partial charge is 0.354 e. The molecule has 9 heteroatoms. The minimum atomic E-state index is -4.44. The number of carbonyl (C=O) groups excluding carboxylic acids is 1. The highest BCUT2D eigenvalue weighted by molar-refractivity contribution is 5.92. The van der Waals surface area contributed by atoms with E-state index in [2.05, 4.69) is 15.3 Å². The highest BCUT2D eigenvalue weighted by Gasteiger charge is 2.38. The van der Waals surface area contributed by atoms with Crippen LogP contribution in [0.1, 0.15) is 52.7 Å². The molecular formula is C18H24F3N5O. The fourth-order valence-electron chi connectivity index (χ4n) is 3.92. The molecule has 1 saturated heterocycles. The molecule has 3 rings (SSSR count). The van der Waals surface area contributed by atoms with E-state index in [1.165, 1.54) is 13.2 Å². The fraction of sp³-hybridized carbons (Fsp3) is 0.556. The summed E-state index contributed by atoms with van der Waals surface area (Å²) in [6.45, 7) is 0.880. The zero-order valence-corrected chi connectivity index (χ0v) is 15.7. The maximum absolute atomic E-state index is 13.4. The molecule has 1 fully saturated rings. The molecule has 27 heavy (non-hydrogen) atoms. The van der Waals surface area contributed by atoms with Crippen LogP contribution in [0.25, 0.3) is 0 Å². The summed E-state index contributed by atoms with van der Waals surface area (Å²) in [6.07, 6.45) is -0.364. The molecule has 1 amide bonds. The van der Waals surface area contributed by atoms with E-state index in [9.17, 15) is 18.0 Å². The third-order valence-electron chi connectivity index (χ3n) is 5.23. The molecule has 1 aliphatic heterocycles. The molecule has 1 aliphatic rings. The largest absolute Gasteiger partial charge is 0.433 e. The number of amides is 1. The zero-order valence-electron chi connectivity index (χ0n) is 15.7. The maximum atomic E-state index is 13.4. The molecule has 0 radical (unpaired) electrons. The third kappa shape index (κ3) is 3.73. The van der Waals surface area contributed by atoms with Crippen molar-refractivity contribution in [3.63, 3.8) is 0 Å².